The normalized spacial score (nSPS) is 14.2. The number of anilines is 1. The number of thiol groups is 1. The Morgan fingerprint density at radius 1 is 1.15 bits per heavy atom. The van der Waals surface area contributed by atoms with Gasteiger partial charge in [0.25, 0.3) is 0 Å². The molecular weight excluding hydrogens is 522 g/mol. The van der Waals surface area contributed by atoms with Crippen LogP contribution in [0.25, 0.3) is 0 Å². The first-order chi connectivity index (χ1) is 19.1. The lowest BCUT2D eigenvalue weighted by Crippen LogP contribution is -2.44. The molecule has 2 N–H and O–H groups in total. The molecule has 0 bridgehead atoms. The maximum atomic E-state index is 12.9. The predicted molar refractivity (Wildman–Crippen MR) is 170 cm³/mol. The van der Waals surface area contributed by atoms with Crippen molar-refractivity contribution < 1.29 is 14.7 Å². The maximum absolute atomic E-state index is 12.9. The van der Waals surface area contributed by atoms with Crippen molar-refractivity contribution in [2.24, 2.45) is 9.98 Å². The number of carbonyl (C=O) groups excluding carboxylic acids is 2. The molecule has 9 heteroatoms. The van der Waals surface area contributed by atoms with E-state index in [1.54, 1.807) is 4.90 Å². The van der Waals surface area contributed by atoms with Crippen LogP contribution in [0, 0.1) is 0 Å². The van der Waals surface area contributed by atoms with Gasteiger partial charge in [-0.1, -0.05) is 31.1 Å². The summed E-state index contributed by atoms with van der Waals surface area (Å²) < 4.78 is 0. The molecule has 8 nitrogen and oxygen atoms in total. The number of rotatable bonds is 15. The van der Waals surface area contributed by atoms with Gasteiger partial charge in [-0.2, -0.15) is 12.6 Å². The number of benzene rings is 1. The van der Waals surface area contributed by atoms with Gasteiger partial charge in [-0.3, -0.25) is 29.4 Å². The zero-order chi connectivity index (χ0) is 29.5. The van der Waals surface area contributed by atoms with E-state index in [-0.39, 0.29) is 30.4 Å². The Kier molecular flexibility index (Phi) is 14.6. The lowest BCUT2D eigenvalue weighted by molar-refractivity contribution is -0.121. The van der Waals surface area contributed by atoms with Crippen LogP contribution in [0.4, 0.5) is 5.69 Å². The number of carbonyl (C=O) groups is 2. The molecule has 1 aliphatic heterocycles. The summed E-state index contributed by atoms with van der Waals surface area (Å²) in [5.41, 5.74) is 3.89. The Bertz CT molecular complexity index is 1060. The highest BCUT2D eigenvalue weighted by molar-refractivity contribution is 7.80. The predicted octanol–water partition coefficient (Wildman–Crippen LogP) is 5.17. The summed E-state index contributed by atoms with van der Waals surface area (Å²) in [6.07, 6.45) is 8.49. The molecule has 0 aliphatic carbocycles. The number of aliphatic hydroxyl groups is 1. The topological polar surface area (TPSA) is 97.6 Å². The number of nitrogens with one attached hydrogen (secondary N) is 1. The monoisotopic (exact) mass is 571 g/mol. The third kappa shape index (κ3) is 12.4. The quantitative estimate of drug-likeness (QED) is 0.117. The van der Waals surface area contributed by atoms with E-state index in [4.69, 9.17) is 10.1 Å². The second-order valence-electron chi connectivity index (χ2n) is 11.4. The Morgan fingerprint density at radius 3 is 2.52 bits per heavy atom. The van der Waals surface area contributed by atoms with Crippen molar-refractivity contribution in [3.8, 4) is 0 Å². The molecule has 0 spiro atoms. The molecule has 40 heavy (non-hydrogen) atoms. The van der Waals surface area contributed by atoms with E-state index < -0.39 is 0 Å². The van der Waals surface area contributed by atoms with Crippen LogP contribution in [0.3, 0.4) is 0 Å². The fourth-order valence-electron chi connectivity index (χ4n) is 4.56. The minimum Gasteiger partial charge on any atom is -0.395 e. The number of hydrogen-bond acceptors (Lipinski definition) is 7. The third-order valence-corrected chi connectivity index (χ3v) is 7.02. The van der Waals surface area contributed by atoms with Gasteiger partial charge in [0.1, 0.15) is 5.84 Å². The SMILES string of the molecule is CCCCc1cccc(N(C(C)=O)C(CC(=O)NC(C)(C)C)=NCCC2=NC=C(CCN(CS)CCO)CC2)c1. The molecule has 0 fully saturated rings. The molecular formula is C31H49N5O3S. The highest BCUT2D eigenvalue weighted by Crippen LogP contribution is 2.21. The molecule has 222 valence electrons. The van der Waals surface area contributed by atoms with E-state index in [0.29, 0.717) is 31.2 Å². The van der Waals surface area contributed by atoms with Crippen molar-refractivity contribution in [2.75, 3.05) is 37.0 Å². The van der Waals surface area contributed by atoms with E-state index >= 15 is 0 Å². The number of nitrogens with zero attached hydrogens (tertiary/aromatic N) is 4. The molecule has 1 aliphatic rings. The lowest BCUT2D eigenvalue weighted by Gasteiger charge is -2.26. The number of amidine groups is 1. The highest BCUT2D eigenvalue weighted by Gasteiger charge is 2.23. The van der Waals surface area contributed by atoms with Crippen LogP contribution in [-0.4, -0.2) is 71.0 Å². The Hall–Kier alpha value is -2.49. The Labute approximate surface area is 246 Å². The minimum atomic E-state index is -0.383. The highest BCUT2D eigenvalue weighted by atomic mass is 32.1. The van der Waals surface area contributed by atoms with Gasteiger partial charge in [-0.15, -0.1) is 0 Å². The van der Waals surface area contributed by atoms with Gasteiger partial charge in [-0.25, -0.2) is 0 Å². The summed E-state index contributed by atoms with van der Waals surface area (Å²) >= 11 is 4.33. The molecule has 0 radical (unpaired) electrons. The summed E-state index contributed by atoms with van der Waals surface area (Å²) in [7, 11) is 0. The molecule has 1 heterocycles. The number of aliphatic imine (C=N–C) groups is 2. The first kappa shape index (κ1) is 33.7. The zero-order valence-electron chi connectivity index (χ0n) is 25.1. The average Bonchev–Trinajstić information content (AvgIpc) is 2.89. The molecule has 0 saturated carbocycles. The summed E-state index contributed by atoms with van der Waals surface area (Å²) in [4.78, 5) is 39.0. The van der Waals surface area contributed by atoms with E-state index in [2.05, 4.69) is 40.8 Å². The summed E-state index contributed by atoms with van der Waals surface area (Å²) in [6, 6.07) is 7.97. The van der Waals surface area contributed by atoms with E-state index in [9.17, 15) is 9.59 Å². The second-order valence-corrected chi connectivity index (χ2v) is 11.6. The smallest absolute Gasteiger partial charge is 0.229 e. The summed E-state index contributed by atoms with van der Waals surface area (Å²) in [5.74, 6) is 0.731. The van der Waals surface area contributed by atoms with Gasteiger partial charge >= 0.3 is 0 Å². The van der Waals surface area contributed by atoms with Crippen molar-refractivity contribution >= 4 is 41.7 Å². The van der Waals surface area contributed by atoms with Crippen LogP contribution in [0.15, 0.2) is 46.0 Å². The molecule has 0 unspecified atom stereocenters. The molecule has 2 amide bonds. The van der Waals surface area contributed by atoms with E-state index in [1.807, 2.05) is 45.2 Å². The van der Waals surface area contributed by atoms with Gasteiger partial charge in [-0.05, 0) is 70.6 Å². The number of aryl methyl sites for hydroxylation is 1. The molecule has 0 aromatic heterocycles. The first-order valence-corrected chi connectivity index (χ1v) is 15.1. The molecule has 0 atom stereocenters. The van der Waals surface area contributed by atoms with Crippen molar-refractivity contribution in [3.63, 3.8) is 0 Å². The van der Waals surface area contributed by atoms with Crippen molar-refractivity contribution in [2.45, 2.75) is 91.5 Å². The minimum absolute atomic E-state index is 0.0159. The largest absolute Gasteiger partial charge is 0.395 e. The number of hydrogen-bond donors (Lipinski definition) is 3. The Morgan fingerprint density at radius 2 is 1.93 bits per heavy atom. The van der Waals surface area contributed by atoms with Crippen LogP contribution in [-0.2, 0) is 16.0 Å². The van der Waals surface area contributed by atoms with Gasteiger partial charge < -0.3 is 10.4 Å². The van der Waals surface area contributed by atoms with Crippen molar-refractivity contribution in [1.29, 1.82) is 0 Å². The molecule has 0 saturated heterocycles. The fraction of sp³-hybridized carbons (Fsp3) is 0.613. The maximum Gasteiger partial charge on any atom is 0.229 e. The van der Waals surface area contributed by atoms with Crippen molar-refractivity contribution in [3.05, 3.63) is 41.6 Å². The van der Waals surface area contributed by atoms with Crippen LogP contribution < -0.4 is 10.2 Å². The van der Waals surface area contributed by atoms with Gasteiger partial charge in [0, 0.05) is 56.3 Å². The van der Waals surface area contributed by atoms with Gasteiger partial charge in [0.15, 0.2) is 0 Å². The average molecular weight is 572 g/mol. The molecule has 1 aromatic carbocycles. The number of unbranched alkanes of at least 4 members (excludes halogenated alkanes) is 1. The van der Waals surface area contributed by atoms with Crippen molar-refractivity contribution in [1.82, 2.24) is 10.2 Å². The van der Waals surface area contributed by atoms with E-state index in [1.165, 1.54) is 12.5 Å². The first-order valence-electron chi connectivity index (χ1n) is 14.5. The summed E-state index contributed by atoms with van der Waals surface area (Å²) in [6.45, 7) is 11.5. The molecule has 2 rings (SSSR count). The zero-order valence-corrected chi connectivity index (χ0v) is 26.0. The Balaban J connectivity index is 2.19. The lowest BCUT2D eigenvalue weighted by atomic mass is 10.0. The number of aliphatic hydroxyl groups excluding tert-OH is 1. The standard InChI is InChI=1S/C31H49N5O3S/c1-6-7-9-25-10-8-11-28(20-25)36(24(2)38)29(21-30(39)34-31(3,4)5)32-16-14-27-13-12-26(22-33-27)15-17-35(23-40)18-19-37/h8,10-11,20,22,37,40H,6-7,9,12-19,21,23H2,1-5H3,(H,34,39). The van der Waals surface area contributed by atoms with Crippen LogP contribution in [0.5, 0.6) is 0 Å². The molecule has 1 aromatic rings. The fourth-order valence-corrected chi connectivity index (χ4v) is 4.85. The third-order valence-electron chi connectivity index (χ3n) is 6.62. The van der Waals surface area contributed by atoms with E-state index in [0.717, 1.165) is 62.0 Å². The summed E-state index contributed by atoms with van der Waals surface area (Å²) in [5, 5.41) is 12.2. The second kappa shape index (κ2) is 17.4. The van der Waals surface area contributed by atoms with Gasteiger partial charge in [0.2, 0.25) is 11.8 Å². The van der Waals surface area contributed by atoms with Crippen LogP contribution >= 0.6 is 12.6 Å². The number of amides is 2. The van der Waals surface area contributed by atoms with Crippen LogP contribution in [0.2, 0.25) is 0 Å². The van der Waals surface area contributed by atoms with Gasteiger partial charge in [0.05, 0.1) is 18.7 Å². The van der Waals surface area contributed by atoms with Crippen LogP contribution in [0.1, 0.15) is 85.1 Å².